The molecule has 60 valence electrons. The number of furan rings is 1. The zero-order valence-electron chi connectivity index (χ0n) is 6.49. The van der Waals surface area contributed by atoms with Crippen molar-refractivity contribution < 1.29 is 4.42 Å². The summed E-state index contributed by atoms with van der Waals surface area (Å²) in [5.74, 6) is 2.39. The minimum atomic E-state index is 0.606. The van der Waals surface area contributed by atoms with Crippen LogP contribution >= 0.6 is 0 Å². The van der Waals surface area contributed by atoms with Crippen molar-refractivity contribution in [2.45, 2.75) is 18.8 Å². The molecule has 0 saturated heterocycles. The summed E-state index contributed by atoms with van der Waals surface area (Å²) in [6.45, 7) is 0.797. The summed E-state index contributed by atoms with van der Waals surface area (Å²) in [6, 6.07) is 3.99. The van der Waals surface area contributed by atoms with Crippen molar-refractivity contribution in [2.24, 2.45) is 11.7 Å². The molecule has 2 unspecified atom stereocenters. The van der Waals surface area contributed by atoms with E-state index in [4.69, 9.17) is 10.2 Å². The first-order chi connectivity index (χ1) is 5.42. The Labute approximate surface area is 66.4 Å². The lowest BCUT2D eigenvalue weighted by Crippen LogP contribution is -2.30. The molecule has 0 amide bonds. The van der Waals surface area contributed by atoms with Gasteiger partial charge in [-0.15, -0.1) is 0 Å². The normalized spacial score (nSPS) is 29.9. The van der Waals surface area contributed by atoms with Gasteiger partial charge in [-0.2, -0.15) is 0 Å². The number of hydrogen-bond donors (Lipinski definition) is 1. The molecule has 2 N–H and O–H groups in total. The zero-order chi connectivity index (χ0) is 7.68. The van der Waals surface area contributed by atoms with Gasteiger partial charge in [0.1, 0.15) is 5.76 Å². The molecule has 1 saturated carbocycles. The van der Waals surface area contributed by atoms with Crippen molar-refractivity contribution in [3.63, 3.8) is 0 Å². The largest absolute Gasteiger partial charge is 0.469 e. The van der Waals surface area contributed by atoms with Crippen LogP contribution in [-0.4, -0.2) is 6.54 Å². The maximum absolute atomic E-state index is 5.59. The van der Waals surface area contributed by atoms with Crippen LogP contribution < -0.4 is 5.73 Å². The molecule has 2 atom stereocenters. The van der Waals surface area contributed by atoms with E-state index < -0.39 is 0 Å². The molecule has 11 heavy (non-hydrogen) atoms. The van der Waals surface area contributed by atoms with Crippen molar-refractivity contribution >= 4 is 0 Å². The van der Waals surface area contributed by atoms with Gasteiger partial charge in [0.2, 0.25) is 0 Å². The van der Waals surface area contributed by atoms with Crippen LogP contribution in [0.2, 0.25) is 0 Å². The van der Waals surface area contributed by atoms with Crippen LogP contribution in [0.4, 0.5) is 0 Å². The number of nitrogens with two attached hydrogens (primary N) is 1. The van der Waals surface area contributed by atoms with E-state index in [0.29, 0.717) is 11.8 Å². The van der Waals surface area contributed by atoms with Crippen molar-refractivity contribution in [1.82, 2.24) is 0 Å². The summed E-state index contributed by atoms with van der Waals surface area (Å²) in [6.07, 6.45) is 4.25. The maximum Gasteiger partial charge on any atom is 0.107 e. The van der Waals surface area contributed by atoms with Crippen LogP contribution in [0.3, 0.4) is 0 Å². The Bertz CT molecular complexity index is 215. The highest BCUT2D eigenvalue weighted by Crippen LogP contribution is 2.41. The Morgan fingerprint density at radius 3 is 2.91 bits per heavy atom. The molecule has 0 spiro atoms. The molecule has 1 fully saturated rings. The van der Waals surface area contributed by atoms with Crippen LogP contribution in [0.25, 0.3) is 0 Å². The summed E-state index contributed by atoms with van der Waals surface area (Å²) >= 11 is 0. The Morgan fingerprint density at radius 2 is 2.45 bits per heavy atom. The van der Waals surface area contributed by atoms with Crippen molar-refractivity contribution in [2.75, 3.05) is 6.54 Å². The summed E-state index contributed by atoms with van der Waals surface area (Å²) in [5.41, 5.74) is 5.59. The van der Waals surface area contributed by atoms with Crippen molar-refractivity contribution in [1.29, 1.82) is 0 Å². The second kappa shape index (κ2) is 2.70. The third-order valence-electron chi connectivity index (χ3n) is 2.63. The van der Waals surface area contributed by atoms with Gasteiger partial charge >= 0.3 is 0 Å². The first-order valence-corrected chi connectivity index (χ1v) is 4.15. The van der Waals surface area contributed by atoms with E-state index in [1.165, 1.54) is 12.8 Å². The third kappa shape index (κ3) is 1.07. The van der Waals surface area contributed by atoms with Crippen molar-refractivity contribution in [3.8, 4) is 0 Å². The van der Waals surface area contributed by atoms with Gasteiger partial charge in [-0.1, -0.05) is 0 Å². The Kier molecular flexibility index (Phi) is 1.70. The van der Waals surface area contributed by atoms with Gasteiger partial charge in [0, 0.05) is 5.92 Å². The standard InChI is InChI=1S/C9H13NO/c10-6-7-3-4-8(7)9-2-1-5-11-9/h1-2,5,7-8H,3-4,6,10H2. The molecule has 0 bridgehead atoms. The lowest BCUT2D eigenvalue weighted by molar-refractivity contribution is 0.229. The molecule has 1 aliphatic carbocycles. The Morgan fingerprint density at radius 1 is 1.55 bits per heavy atom. The first kappa shape index (κ1) is 6.92. The molecule has 2 nitrogen and oxygen atoms in total. The summed E-state index contributed by atoms with van der Waals surface area (Å²) < 4.78 is 5.31. The minimum Gasteiger partial charge on any atom is -0.469 e. The third-order valence-corrected chi connectivity index (χ3v) is 2.63. The van der Waals surface area contributed by atoms with Gasteiger partial charge in [-0.3, -0.25) is 0 Å². The Balaban J connectivity index is 2.07. The smallest absolute Gasteiger partial charge is 0.107 e. The van der Waals surface area contributed by atoms with E-state index in [-0.39, 0.29) is 0 Å². The summed E-state index contributed by atoms with van der Waals surface area (Å²) in [4.78, 5) is 0. The maximum atomic E-state index is 5.59. The topological polar surface area (TPSA) is 39.2 Å². The fraction of sp³-hybridized carbons (Fsp3) is 0.556. The van der Waals surface area contributed by atoms with Crippen molar-refractivity contribution in [3.05, 3.63) is 24.2 Å². The van der Waals surface area contributed by atoms with Crippen LogP contribution in [0, 0.1) is 5.92 Å². The fourth-order valence-corrected chi connectivity index (χ4v) is 1.73. The quantitative estimate of drug-likeness (QED) is 0.699. The van der Waals surface area contributed by atoms with Gasteiger partial charge in [-0.05, 0) is 37.4 Å². The second-order valence-corrected chi connectivity index (χ2v) is 3.20. The number of hydrogen-bond acceptors (Lipinski definition) is 2. The average molecular weight is 151 g/mol. The van der Waals surface area contributed by atoms with E-state index in [1.807, 2.05) is 12.1 Å². The van der Waals surface area contributed by atoms with Gasteiger partial charge < -0.3 is 10.2 Å². The predicted octanol–water partition coefficient (Wildman–Crippen LogP) is 1.73. The highest BCUT2D eigenvalue weighted by Gasteiger charge is 2.32. The van der Waals surface area contributed by atoms with Gasteiger partial charge in [0.25, 0.3) is 0 Å². The molecule has 0 aromatic carbocycles. The van der Waals surface area contributed by atoms with Gasteiger partial charge in [0.05, 0.1) is 6.26 Å². The lowest BCUT2D eigenvalue weighted by Gasteiger charge is -2.33. The molecule has 2 heteroatoms. The fourth-order valence-electron chi connectivity index (χ4n) is 1.73. The monoisotopic (exact) mass is 151 g/mol. The van der Waals surface area contributed by atoms with E-state index >= 15 is 0 Å². The molecule has 1 aliphatic rings. The van der Waals surface area contributed by atoms with Gasteiger partial charge in [0.15, 0.2) is 0 Å². The van der Waals surface area contributed by atoms with E-state index in [9.17, 15) is 0 Å². The molecule has 2 rings (SSSR count). The first-order valence-electron chi connectivity index (χ1n) is 4.15. The van der Waals surface area contributed by atoms with Gasteiger partial charge in [-0.25, -0.2) is 0 Å². The minimum absolute atomic E-state index is 0.606. The molecule has 0 radical (unpaired) electrons. The summed E-state index contributed by atoms with van der Waals surface area (Å²) in [7, 11) is 0. The molecule has 1 heterocycles. The number of rotatable bonds is 2. The zero-order valence-corrected chi connectivity index (χ0v) is 6.49. The molecule has 0 aliphatic heterocycles. The SMILES string of the molecule is NCC1CCC1c1ccco1. The summed E-state index contributed by atoms with van der Waals surface area (Å²) in [5, 5.41) is 0. The molecule has 1 aromatic rings. The Hall–Kier alpha value is -0.760. The predicted molar refractivity (Wildman–Crippen MR) is 43.2 cm³/mol. The van der Waals surface area contributed by atoms with Crippen LogP contribution in [0.15, 0.2) is 22.8 Å². The van der Waals surface area contributed by atoms with Crippen LogP contribution in [0.5, 0.6) is 0 Å². The highest BCUT2D eigenvalue weighted by atomic mass is 16.3. The molecule has 1 aromatic heterocycles. The molecular weight excluding hydrogens is 138 g/mol. The van der Waals surface area contributed by atoms with E-state index in [0.717, 1.165) is 12.3 Å². The lowest BCUT2D eigenvalue weighted by atomic mass is 9.72. The van der Waals surface area contributed by atoms with Crippen LogP contribution in [0.1, 0.15) is 24.5 Å². The van der Waals surface area contributed by atoms with E-state index in [1.54, 1.807) is 6.26 Å². The second-order valence-electron chi connectivity index (χ2n) is 3.20. The highest BCUT2D eigenvalue weighted by molar-refractivity contribution is 5.10. The van der Waals surface area contributed by atoms with E-state index in [2.05, 4.69) is 0 Å². The molecular formula is C9H13NO. The van der Waals surface area contributed by atoms with Crippen LogP contribution in [-0.2, 0) is 0 Å². The average Bonchev–Trinajstić information content (AvgIpc) is 2.39.